The van der Waals surface area contributed by atoms with Gasteiger partial charge in [0.2, 0.25) is 0 Å². The van der Waals surface area contributed by atoms with Gasteiger partial charge < -0.3 is 0 Å². The number of allylic oxidation sites excluding steroid dienone is 1. The van der Waals surface area contributed by atoms with Crippen LogP contribution in [-0.4, -0.2) is 0 Å². The first-order chi connectivity index (χ1) is 12.3. The molecule has 0 heterocycles. The van der Waals surface area contributed by atoms with E-state index in [0.717, 1.165) is 12.8 Å². The maximum Gasteiger partial charge on any atom is 0.00560 e. The predicted molar refractivity (Wildman–Crippen MR) is 106 cm³/mol. The zero-order chi connectivity index (χ0) is 16.8. The summed E-state index contributed by atoms with van der Waals surface area (Å²) >= 11 is 0. The van der Waals surface area contributed by atoms with Gasteiger partial charge in [-0.2, -0.15) is 0 Å². The van der Waals surface area contributed by atoms with E-state index in [2.05, 4.69) is 85.8 Å². The summed E-state index contributed by atoms with van der Waals surface area (Å²) in [4.78, 5) is 0. The first-order valence-electron chi connectivity index (χ1n) is 9.27. The van der Waals surface area contributed by atoms with Crippen molar-refractivity contribution < 1.29 is 26.2 Å². The number of hydrogen-bond acceptors (Lipinski definition) is 0. The van der Waals surface area contributed by atoms with Crippen molar-refractivity contribution in [3.8, 4) is 11.1 Å². The molecule has 126 valence electrons. The summed E-state index contributed by atoms with van der Waals surface area (Å²) in [5.74, 6) is 1.14. The Hall–Kier alpha value is -1.72. The molecule has 0 saturated carbocycles. The Balaban J connectivity index is 0.00000168. The molecule has 5 rings (SSSR count). The SMILES string of the molecule is CC(Cc1cccc2c1Cc1ccccc1-2)C1C=Cc2ccccc21.[Zr]. The molecular formula is C25H22Zr. The molecule has 0 N–H and O–H groups in total. The number of benzene rings is 3. The zero-order valence-electron chi connectivity index (χ0n) is 15.1. The molecule has 26 heavy (non-hydrogen) atoms. The summed E-state index contributed by atoms with van der Waals surface area (Å²) in [6.07, 6.45) is 6.92. The van der Waals surface area contributed by atoms with Crippen LogP contribution in [0.15, 0.2) is 72.8 Å². The van der Waals surface area contributed by atoms with E-state index in [9.17, 15) is 0 Å². The van der Waals surface area contributed by atoms with Crippen molar-refractivity contribution in [1.29, 1.82) is 0 Å². The van der Waals surface area contributed by atoms with Gasteiger partial charge in [0.1, 0.15) is 0 Å². The number of fused-ring (bicyclic) bond motifs is 4. The molecular weight excluding hydrogens is 391 g/mol. The fourth-order valence-corrected chi connectivity index (χ4v) is 4.66. The molecule has 0 aliphatic heterocycles. The van der Waals surface area contributed by atoms with Crippen molar-refractivity contribution in [1.82, 2.24) is 0 Å². The Bertz CT molecular complexity index is 983. The van der Waals surface area contributed by atoms with E-state index in [4.69, 9.17) is 0 Å². The molecule has 0 bridgehead atoms. The van der Waals surface area contributed by atoms with Gasteiger partial charge in [-0.15, -0.1) is 0 Å². The van der Waals surface area contributed by atoms with Gasteiger partial charge in [-0.3, -0.25) is 0 Å². The van der Waals surface area contributed by atoms with E-state index in [1.54, 1.807) is 5.56 Å². The normalized spacial score (nSPS) is 17.2. The third-order valence-electron chi connectivity index (χ3n) is 5.94. The van der Waals surface area contributed by atoms with Crippen LogP contribution in [0.4, 0.5) is 0 Å². The van der Waals surface area contributed by atoms with E-state index in [1.807, 2.05) is 0 Å². The average Bonchev–Trinajstić information content (AvgIpc) is 3.24. The van der Waals surface area contributed by atoms with Gasteiger partial charge in [-0.05, 0) is 57.7 Å². The molecule has 2 aliphatic rings. The smallest absolute Gasteiger partial charge is 0.00560 e. The van der Waals surface area contributed by atoms with Crippen LogP contribution in [0.25, 0.3) is 17.2 Å². The third-order valence-corrected chi connectivity index (χ3v) is 5.94. The van der Waals surface area contributed by atoms with E-state index in [1.165, 1.54) is 33.4 Å². The van der Waals surface area contributed by atoms with Crippen LogP contribution in [0, 0.1) is 5.92 Å². The molecule has 0 radical (unpaired) electrons. The molecule has 2 unspecified atom stereocenters. The fraction of sp³-hybridized carbons (Fsp3) is 0.200. The molecule has 0 fully saturated rings. The first kappa shape index (κ1) is 17.7. The van der Waals surface area contributed by atoms with Gasteiger partial charge in [0.25, 0.3) is 0 Å². The minimum atomic E-state index is 0. The topological polar surface area (TPSA) is 0 Å². The van der Waals surface area contributed by atoms with E-state index >= 15 is 0 Å². The summed E-state index contributed by atoms with van der Waals surface area (Å²) in [6.45, 7) is 2.40. The van der Waals surface area contributed by atoms with Crippen molar-refractivity contribution in [2.75, 3.05) is 0 Å². The van der Waals surface area contributed by atoms with Gasteiger partial charge in [0, 0.05) is 32.1 Å². The van der Waals surface area contributed by atoms with Gasteiger partial charge in [-0.25, -0.2) is 0 Å². The summed E-state index contributed by atoms with van der Waals surface area (Å²) < 4.78 is 0. The molecule has 0 spiro atoms. The fourth-order valence-electron chi connectivity index (χ4n) is 4.66. The molecule has 3 aromatic rings. The van der Waals surface area contributed by atoms with E-state index < -0.39 is 0 Å². The maximum atomic E-state index is 2.40. The minimum absolute atomic E-state index is 0. The molecule has 3 aromatic carbocycles. The van der Waals surface area contributed by atoms with Crippen LogP contribution in [-0.2, 0) is 39.0 Å². The molecule has 2 aliphatic carbocycles. The average molecular weight is 414 g/mol. The van der Waals surface area contributed by atoms with Crippen molar-refractivity contribution >= 4 is 6.08 Å². The third kappa shape index (κ3) is 2.87. The van der Waals surface area contributed by atoms with E-state index in [-0.39, 0.29) is 26.2 Å². The van der Waals surface area contributed by atoms with Crippen LogP contribution in [0.5, 0.6) is 0 Å². The van der Waals surface area contributed by atoms with Gasteiger partial charge in [-0.1, -0.05) is 85.8 Å². The molecule has 1 heteroatoms. The molecule has 0 amide bonds. The minimum Gasteiger partial charge on any atom is -0.0761 e. The molecule has 0 saturated heterocycles. The Kier molecular flexibility index (Phi) is 4.85. The van der Waals surface area contributed by atoms with Crippen LogP contribution >= 0.6 is 0 Å². The molecule has 2 atom stereocenters. The van der Waals surface area contributed by atoms with Crippen LogP contribution in [0.1, 0.15) is 40.7 Å². The largest absolute Gasteiger partial charge is 0.0761 e. The van der Waals surface area contributed by atoms with E-state index in [0.29, 0.717) is 11.8 Å². The second kappa shape index (κ2) is 7.12. The first-order valence-corrected chi connectivity index (χ1v) is 9.27. The summed E-state index contributed by atoms with van der Waals surface area (Å²) in [7, 11) is 0. The Morgan fingerprint density at radius 3 is 2.58 bits per heavy atom. The Labute approximate surface area is 175 Å². The zero-order valence-corrected chi connectivity index (χ0v) is 17.5. The van der Waals surface area contributed by atoms with Crippen molar-refractivity contribution in [3.63, 3.8) is 0 Å². The van der Waals surface area contributed by atoms with Crippen molar-refractivity contribution in [2.45, 2.75) is 25.7 Å². The summed E-state index contributed by atoms with van der Waals surface area (Å²) in [5, 5.41) is 0. The van der Waals surface area contributed by atoms with Gasteiger partial charge in [0.15, 0.2) is 0 Å². The number of hydrogen-bond donors (Lipinski definition) is 0. The van der Waals surface area contributed by atoms with Crippen molar-refractivity contribution in [2.24, 2.45) is 5.92 Å². The number of rotatable bonds is 3. The van der Waals surface area contributed by atoms with Crippen LogP contribution < -0.4 is 0 Å². The quantitative estimate of drug-likeness (QED) is 0.373. The van der Waals surface area contributed by atoms with Gasteiger partial charge >= 0.3 is 0 Å². The van der Waals surface area contributed by atoms with Crippen LogP contribution in [0.3, 0.4) is 0 Å². The maximum absolute atomic E-state index is 2.40. The van der Waals surface area contributed by atoms with Gasteiger partial charge in [0.05, 0.1) is 0 Å². The Morgan fingerprint density at radius 2 is 1.65 bits per heavy atom. The second-order valence-electron chi connectivity index (χ2n) is 7.47. The second-order valence-corrected chi connectivity index (χ2v) is 7.47. The summed E-state index contributed by atoms with van der Waals surface area (Å²) in [5.41, 5.74) is 10.3. The Morgan fingerprint density at radius 1 is 0.885 bits per heavy atom. The standard InChI is InChI=1S/C25H22.Zr/c1-17(21-14-13-18-7-2-4-10-22(18)21)15-19-9-6-12-24-23-11-5-3-8-20(23)16-25(19)24;/h2-14,17,21H,15-16H2,1H3;. The van der Waals surface area contributed by atoms with Crippen molar-refractivity contribution in [3.05, 3.63) is 101 Å². The molecule has 0 aromatic heterocycles. The summed E-state index contributed by atoms with van der Waals surface area (Å²) in [6, 6.07) is 24.6. The molecule has 0 nitrogen and oxygen atoms in total. The van der Waals surface area contributed by atoms with Crippen LogP contribution in [0.2, 0.25) is 0 Å². The monoisotopic (exact) mass is 412 g/mol. The predicted octanol–water partition coefficient (Wildman–Crippen LogP) is 6.24.